The lowest BCUT2D eigenvalue weighted by Gasteiger charge is -2.12. The molecule has 0 aliphatic carbocycles. The summed E-state index contributed by atoms with van der Waals surface area (Å²) in [7, 11) is 0. The van der Waals surface area contributed by atoms with Crippen molar-refractivity contribution >= 4 is 27.3 Å². The molecule has 20 heavy (non-hydrogen) atoms. The second-order valence-electron chi connectivity index (χ2n) is 4.04. The van der Waals surface area contributed by atoms with Gasteiger partial charge in [-0.05, 0) is 46.6 Å². The Morgan fingerprint density at radius 3 is 2.60 bits per heavy atom. The summed E-state index contributed by atoms with van der Waals surface area (Å²) in [6.07, 6.45) is 0. The zero-order chi connectivity index (χ0) is 14.9. The van der Waals surface area contributed by atoms with Gasteiger partial charge >= 0.3 is 0 Å². The van der Waals surface area contributed by atoms with Crippen LogP contribution in [0.15, 0.2) is 28.7 Å². The van der Waals surface area contributed by atoms with Gasteiger partial charge in [-0.1, -0.05) is 0 Å². The van der Waals surface area contributed by atoms with Gasteiger partial charge in [-0.2, -0.15) is 0 Å². The minimum Gasteiger partial charge on any atom is -0.454 e. The molecule has 6 heteroatoms. The van der Waals surface area contributed by atoms with Gasteiger partial charge in [-0.25, -0.2) is 13.6 Å². The Kier molecular flexibility index (Phi) is 3.91. The van der Waals surface area contributed by atoms with Crippen molar-refractivity contribution in [2.45, 2.75) is 6.92 Å². The molecule has 0 aromatic heterocycles. The van der Waals surface area contributed by atoms with Gasteiger partial charge < -0.3 is 10.5 Å². The molecule has 2 aromatic rings. The van der Waals surface area contributed by atoms with Gasteiger partial charge in [0.05, 0.1) is 11.0 Å². The molecule has 0 saturated carbocycles. The molecule has 3 nitrogen and oxygen atoms in total. The Balaban J connectivity index is 2.46. The first-order valence-electron chi connectivity index (χ1n) is 5.53. The van der Waals surface area contributed by atoms with Crippen LogP contribution in [-0.2, 0) is 0 Å². The third-order valence-corrected chi connectivity index (χ3v) is 3.67. The Morgan fingerprint density at radius 1 is 1.25 bits per heavy atom. The minimum atomic E-state index is -0.652. The van der Waals surface area contributed by atoms with E-state index in [1.54, 1.807) is 6.92 Å². The van der Waals surface area contributed by atoms with Crippen LogP contribution in [-0.4, -0.2) is 0 Å². The molecule has 0 unspecified atom stereocenters. The number of ether oxygens (including phenoxy) is 1. The van der Waals surface area contributed by atoms with Crippen LogP contribution >= 0.6 is 15.9 Å². The topological polar surface area (TPSA) is 39.6 Å². The van der Waals surface area contributed by atoms with E-state index in [2.05, 4.69) is 20.8 Å². The number of benzene rings is 2. The summed E-state index contributed by atoms with van der Waals surface area (Å²) in [4.78, 5) is 3.02. The van der Waals surface area contributed by atoms with Gasteiger partial charge in [0.1, 0.15) is 11.6 Å². The van der Waals surface area contributed by atoms with Crippen LogP contribution in [0.4, 0.5) is 20.2 Å². The first kappa shape index (κ1) is 14.3. The maximum atomic E-state index is 13.9. The average molecular weight is 339 g/mol. The molecule has 2 rings (SSSR count). The fourth-order valence-electron chi connectivity index (χ4n) is 1.57. The second-order valence-corrected chi connectivity index (χ2v) is 4.84. The Labute approximate surface area is 122 Å². The highest BCUT2D eigenvalue weighted by Gasteiger charge is 2.15. The first-order valence-corrected chi connectivity index (χ1v) is 6.32. The number of rotatable bonds is 2. The average Bonchev–Trinajstić information content (AvgIpc) is 2.43. The molecule has 0 saturated heterocycles. The van der Waals surface area contributed by atoms with E-state index in [-0.39, 0.29) is 17.2 Å². The van der Waals surface area contributed by atoms with Crippen molar-refractivity contribution in [3.8, 4) is 11.5 Å². The summed E-state index contributed by atoms with van der Waals surface area (Å²) >= 11 is 3.21. The lowest BCUT2D eigenvalue weighted by molar-refractivity contribution is 0.438. The molecule has 0 heterocycles. The second kappa shape index (κ2) is 5.47. The predicted octanol–water partition coefficient (Wildman–Crippen LogP) is 4.96. The van der Waals surface area contributed by atoms with Crippen molar-refractivity contribution in [1.29, 1.82) is 0 Å². The number of nitrogen functional groups attached to an aromatic ring is 1. The van der Waals surface area contributed by atoms with Crippen molar-refractivity contribution in [2.75, 3.05) is 5.73 Å². The fourth-order valence-corrected chi connectivity index (χ4v) is 2.06. The maximum Gasteiger partial charge on any atom is 0.225 e. The summed E-state index contributed by atoms with van der Waals surface area (Å²) < 4.78 is 32.8. The van der Waals surface area contributed by atoms with Crippen LogP contribution in [0, 0.1) is 25.1 Å². The highest BCUT2D eigenvalue weighted by Crippen LogP contribution is 2.38. The summed E-state index contributed by atoms with van der Waals surface area (Å²) in [5.74, 6) is -1.19. The molecule has 0 aliphatic heterocycles. The van der Waals surface area contributed by atoms with Crippen LogP contribution < -0.4 is 10.5 Å². The van der Waals surface area contributed by atoms with E-state index in [1.165, 1.54) is 12.1 Å². The van der Waals surface area contributed by atoms with Gasteiger partial charge in [-0.3, -0.25) is 0 Å². The van der Waals surface area contributed by atoms with Gasteiger partial charge in [-0.15, -0.1) is 0 Å². The number of hydrogen-bond acceptors (Lipinski definition) is 2. The maximum absolute atomic E-state index is 13.9. The summed E-state index contributed by atoms with van der Waals surface area (Å²) in [6.45, 7) is 8.55. The smallest absolute Gasteiger partial charge is 0.225 e. The molecular formula is C14H9BrF2N2O. The Bertz CT molecular complexity index is 726. The number of anilines is 1. The largest absolute Gasteiger partial charge is 0.454 e. The van der Waals surface area contributed by atoms with E-state index in [4.69, 9.17) is 17.0 Å². The van der Waals surface area contributed by atoms with E-state index in [0.717, 1.165) is 12.1 Å². The SMILES string of the molecule is [C-]#[N+]c1cc(Oc2c(F)cc(N)c(C)c2Br)ccc1F. The normalized spacial score (nSPS) is 10.2. The van der Waals surface area contributed by atoms with Gasteiger partial charge in [0.25, 0.3) is 0 Å². The lowest BCUT2D eigenvalue weighted by Crippen LogP contribution is -1.97. The van der Waals surface area contributed by atoms with Crippen LogP contribution in [0.3, 0.4) is 0 Å². The summed E-state index contributed by atoms with van der Waals surface area (Å²) in [5, 5.41) is 0. The molecule has 0 fully saturated rings. The van der Waals surface area contributed by atoms with Crippen molar-refractivity contribution < 1.29 is 13.5 Å². The molecule has 0 amide bonds. The van der Waals surface area contributed by atoms with Gasteiger partial charge in [0.15, 0.2) is 11.6 Å². The Morgan fingerprint density at radius 2 is 1.95 bits per heavy atom. The van der Waals surface area contributed by atoms with Crippen LogP contribution in [0.25, 0.3) is 4.85 Å². The van der Waals surface area contributed by atoms with Crippen molar-refractivity contribution in [2.24, 2.45) is 0 Å². The standard InChI is InChI=1S/C14H9BrF2N2O/c1-7-11(18)6-10(17)14(13(7)15)20-8-3-4-9(16)12(5-8)19-2/h3-6H,18H2,1H3. The number of hydrogen-bond donors (Lipinski definition) is 1. The van der Waals surface area contributed by atoms with E-state index in [0.29, 0.717) is 15.7 Å². The molecule has 2 aromatic carbocycles. The van der Waals surface area contributed by atoms with Crippen molar-refractivity contribution in [3.05, 3.63) is 57.4 Å². The predicted molar refractivity (Wildman–Crippen MR) is 76.0 cm³/mol. The quantitative estimate of drug-likeness (QED) is 0.620. The van der Waals surface area contributed by atoms with E-state index < -0.39 is 11.6 Å². The van der Waals surface area contributed by atoms with E-state index in [1.807, 2.05) is 0 Å². The molecule has 0 radical (unpaired) electrons. The van der Waals surface area contributed by atoms with Crippen LogP contribution in [0.5, 0.6) is 11.5 Å². The van der Waals surface area contributed by atoms with Gasteiger partial charge in [0, 0.05) is 11.8 Å². The van der Waals surface area contributed by atoms with Crippen LogP contribution in [0.2, 0.25) is 0 Å². The minimum absolute atomic E-state index is 0.0563. The molecule has 0 bridgehead atoms. The molecule has 0 spiro atoms. The van der Waals surface area contributed by atoms with Gasteiger partial charge in [0.2, 0.25) is 5.69 Å². The fraction of sp³-hybridized carbons (Fsp3) is 0.0714. The molecular weight excluding hydrogens is 330 g/mol. The highest BCUT2D eigenvalue weighted by molar-refractivity contribution is 9.10. The van der Waals surface area contributed by atoms with Crippen LogP contribution in [0.1, 0.15) is 5.56 Å². The lowest BCUT2D eigenvalue weighted by atomic mass is 10.2. The van der Waals surface area contributed by atoms with Crippen molar-refractivity contribution in [3.63, 3.8) is 0 Å². The Hall–Kier alpha value is -2.13. The first-order chi connectivity index (χ1) is 9.43. The zero-order valence-corrected chi connectivity index (χ0v) is 12.0. The summed E-state index contributed by atoms with van der Waals surface area (Å²) in [5.41, 5.74) is 6.37. The molecule has 0 aliphatic rings. The monoisotopic (exact) mass is 338 g/mol. The molecule has 102 valence electrons. The third-order valence-electron chi connectivity index (χ3n) is 2.72. The number of nitrogens with two attached hydrogens (primary N) is 1. The third kappa shape index (κ3) is 2.58. The summed E-state index contributed by atoms with van der Waals surface area (Å²) in [6, 6.07) is 4.77. The highest BCUT2D eigenvalue weighted by atomic mass is 79.9. The van der Waals surface area contributed by atoms with E-state index in [9.17, 15) is 8.78 Å². The molecule has 2 N–H and O–H groups in total. The molecule has 0 atom stereocenters. The van der Waals surface area contributed by atoms with Crippen molar-refractivity contribution in [1.82, 2.24) is 0 Å². The van der Waals surface area contributed by atoms with E-state index >= 15 is 0 Å². The number of halogens is 3. The zero-order valence-electron chi connectivity index (χ0n) is 10.4. The number of nitrogens with zero attached hydrogens (tertiary/aromatic N) is 1.